The number of rotatable bonds is 2. The second-order valence-electron chi connectivity index (χ2n) is 10.3. The predicted molar refractivity (Wildman–Crippen MR) is 129 cm³/mol. The van der Waals surface area contributed by atoms with Crippen LogP contribution in [0.1, 0.15) is 49.8 Å². The molecule has 5 rings (SSSR count). The van der Waals surface area contributed by atoms with Crippen LogP contribution in [0.4, 0.5) is 0 Å². The average Bonchev–Trinajstić information content (AvgIpc) is 3.02. The molecule has 2 aromatic carbocycles. The van der Waals surface area contributed by atoms with E-state index in [0.717, 1.165) is 35.1 Å². The third kappa shape index (κ3) is 3.54. The molecule has 1 amide bonds. The maximum absolute atomic E-state index is 13.6. The summed E-state index contributed by atoms with van der Waals surface area (Å²) in [5, 5.41) is 9.38. The van der Waals surface area contributed by atoms with Gasteiger partial charge in [-0.05, 0) is 74.6 Å². The van der Waals surface area contributed by atoms with Crippen molar-refractivity contribution in [2.45, 2.75) is 57.3 Å². The number of likely N-dealkylation sites (N-methyl/N-ethyl adjacent to an activating group) is 1. The van der Waals surface area contributed by atoms with E-state index in [-0.39, 0.29) is 29.5 Å². The van der Waals surface area contributed by atoms with Gasteiger partial charge in [0.15, 0.2) is 11.5 Å². The lowest BCUT2D eigenvalue weighted by atomic mass is 9.74. The Labute approximate surface area is 200 Å². The van der Waals surface area contributed by atoms with Gasteiger partial charge >= 0.3 is 0 Å². The molecule has 3 aliphatic heterocycles. The summed E-state index contributed by atoms with van der Waals surface area (Å²) >= 11 is 0. The first kappa shape index (κ1) is 22.4. The Morgan fingerprint density at radius 1 is 1.21 bits per heavy atom. The highest BCUT2D eigenvalue weighted by Crippen LogP contribution is 2.50. The molecule has 3 aliphatic rings. The third-order valence-electron chi connectivity index (χ3n) is 7.45. The molecule has 0 bridgehead atoms. The molecule has 34 heavy (non-hydrogen) atoms. The van der Waals surface area contributed by atoms with Gasteiger partial charge in [-0.3, -0.25) is 9.69 Å². The number of carbonyl (C=O) groups is 1. The fourth-order valence-corrected chi connectivity index (χ4v) is 5.60. The van der Waals surface area contributed by atoms with E-state index in [9.17, 15) is 10.1 Å². The summed E-state index contributed by atoms with van der Waals surface area (Å²) in [5.41, 5.74) is 9.05. The fraction of sp³-hybridized carbons (Fsp3) is 0.444. The van der Waals surface area contributed by atoms with E-state index >= 15 is 0 Å². The Bertz CT molecular complexity index is 1240. The number of carbonyl (C=O) groups excluding carboxylic acids is 1. The van der Waals surface area contributed by atoms with Gasteiger partial charge in [0.25, 0.3) is 5.91 Å². The quantitative estimate of drug-likeness (QED) is 0.736. The molecular formula is C27H30N4O3. The van der Waals surface area contributed by atoms with Crippen molar-refractivity contribution in [3.63, 3.8) is 0 Å². The van der Waals surface area contributed by atoms with Gasteiger partial charge in [-0.25, -0.2) is 4.99 Å². The van der Waals surface area contributed by atoms with Gasteiger partial charge in [-0.1, -0.05) is 12.1 Å². The second kappa shape index (κ2) is 7.85. The van der Waals surface area contributed by atoms with Crippen LogP contribution >= 0.6 is 0 Å². The van der Waals surface area contributed by atoms with E-state index in [1.807, 2.05) is 43.3 Å². The van der Waals surface area contributed by atoms with Crippen molar-refractivity contribution in [1.82, 2.24) is 4.90 Å². The predicted octanol–water partition coefficient (Wildman–Crippen LogP) is 3.87. The molecule has 1 saturated heterocycles. The van der Waals surface area contributed by atoms with Crippen LogP contribution in [-0.4, -0.2) is 42.1 Å². The average molecular weight is 459 g/mol. The molecule has 7 nitrogen and oxygen atoms in total. The Balaban J connectivity index is 1.62. The van der Waals surface area contributed by atoms with Crippen molar-refractivity contribution in [2.75, 3.05) is 13.7 Å². The van der Waals surface area contributed by atoms with Crippen molar-refractivity contribution in [3.8, 4) is 22.9 Å². The molecule has 2 N–H and O–H groups in total. The fourth-order valence-electron chi connectivity index (χ4n) is 5.60. The van der Waals surface area contributed by atoms with Crippen LogP contribution in [0.25, 0.3) is 11.1 Å². The Kier molecular flexibility index (Phi) is 5.18. The molecule has 3 atom stereocenters. The number of guanidine groups is 1. The standard InChI is InChI=1S/C27H30N4O3/c1-16-5-6-17(15-28)11-20(16)18-7-8-22-21(12-18)27(24(32)31(4)25(29)30-27)14-23(34-22)19-9-10-33-26(2,3)13-19/h5-8,11-12,19,23H,9-10,13-14H2,1-4H3,(H2,29,30). The maximum Gasteiger partial charge on any atom is 0.261 e. The van der Waals surface area contributed by atoms with E-state index in [1.54, 1.807) is 7.05 Å². The highest BCUT2D eigenvalue weighted by atomic mass is 16.5. The van der Waals surface area contributed by atoms with Crippen LogP contribution in [0.5, 0.6) is 5.75 Å². The zero-order valence-corrected chi connectivity index (χ0v) is 20.1. The number of fused-ring (bicyclic) bond motifs is 2. The van der Waals surface area contributed by atoms with Gasteiger partial charge in [0, 0.05) is 31.6 Å². The number of aryl methyl sites for hydroxylation is 1. The van der Waals surface area contributed by atoms with Crippen molar-refractivity contribution >= 4 is 11.9 Å². The molecule has 0 aliphatic carbocycles. The summed E-state index contributed by atoms with van der Waals surface area (Å²) in [5.74, 6) is 0.999. The second-order valence-corrected chi connectivity index (χ2v) is 10.3. The number of benzene rings is 2. The van der Waals surface area contributed by atoms with Gasteiger partial charge in [-0.15, -0.1) is 0 Å². The minimum atomic E-state index is -1.11. The highest BCUT2D eigenvalue weighted by molar-refractivity contribution is 6.07. The van der Waals surface area contributed by atoms with Crippen molar-refractivity contribution < 1.29 is 14.3 Å². The Morgan fingerprint density at radius 3 is 2.68 bits per heavy atom. The number of aliphatic imine (C=N–C) groups is 1. The molecule has 1 fully saturated rings. The van der Waals surface area contributed by atoms with Gasteiger partial charge in [0.05, 0.1) is 17.2 Å². The molecule has 0 aromatic heterocycles. The summed E-state index contributed by atoms with van der Waals surface area (Å²) in [4.78, 5) is 19.8. The van der Waals surface area contributed by atoms with Crippen LogP contribution in [-0.2, 0) is 15.1 Å². The SMILES string of the molecule is Cc1ccc(C#N)cc1-c1ccc2c(c1)C1(CC(C3CCOC(C)(C)C3)O2)N=C(N)N(C)C1=O. The van der Waals surface area contributed by atoms with Crippen LogP contribution in [0.15, 0.2) is 41.4 Å². The topological polar surface area (TPSA) is 101 Å². The van der Waals surface area contributed by atoms with Crippen LogP contribution < -0.4 is 10.5 Å². The molecule has 0 saturated carbocycles. The lowest BCUT2D eigenvalue weighted by Crippen LogP contribution is -2.49. The van der Waals surface area contributed by atoms with Crippen molar-refractivity contribution in [2.24, 2.45) is 16.6 Å². The van der Waals surface area contributed by atoms with Gasteiger partial charge in [0.1, 0.15) is 11.9 Å². The molecule has 2 aromatic rings. The zero-order chi connectivity index (χ0) is 24.3. The van der Waals surface area contributed by atoms with E-state index < -0.39 is 5.54 Å². The van der Waals surface area contributed by atoms with Gasteiger partial charge < -0.3 is 15.2 Å². The van der Waals surface area contributed by atoms with Crippen molar-refractivity contribution in [3.05, 3.63) is 53.1 Å². The minimum absolute atomic E-state index is 0.134. The normalized spacial score (nSPS) is 27.7. The largest absolute Gasteiger partial charge is 0.490 e. The first-order chi connectivity index (χ1) is 16.1. The number of amides is 1. The number of nitrogens with zero attached hydrogens (tertiary/aromatic N) is 3. The third-order valence-corrected chi connectivity index (χ3v) is 7.45. The van der Waals surface area contributed by atoms with Crippen LogP contribution in [0.2, 0.25) is 0 Å². The lowest BCUT2D eigenvalue weighted by Gasteiger charge is -2.44. The molecule has 1 spiro atoms. The Morgan fingerprint density at radius 2 is 2.00 bits per heavy atom. The number of hydrogen-bond donors (Lipinski definition) is 1. The van der Waals surface area contributed by atoms with E-state index in [0.29, 0.717) is 24.3 Å². The number of ether oxygens (including phenoxy) is 2. The lowest BCUT2D eigenvalue weighted by molar-refractivity contribution is -0.134. The summed E-state index contributed by atoms with van der Waals surface area (Å²) in [6.07, 6.45) is 1.99. The Hall–Kier alpha value is -3.37. The molecule has 7 heteroatoms. The van der Waals surface area contributed by atoms with Crippen LogP contribution in [0, 0.1) is 24.2 Å². The molecule has 3 heterocycles. The number of hydrogen-bond acceptors (Lipinski definition) is 6. The first-order valence-electron chi connectivity index (χ1n) is 11.7. The molecule has 0 radical (unpaired) electrons. The zero-order valence-electron chi connectivity index (χ0n) is 20.1. The summed E-state index contributed by atoms with van der Waals surface area (Å²) in [6.45, 7) is 6.88. The molecular weight excluding hydrogens is 428 g/mol. The highest BCUT2D eigenvalue weighted by Gasteiger charge is 2.55. The minimum Gasteiger partial charge on any atom is -0.490 e. The van der Waals surface area contributed by atoms with E-state index in [2.05, 4.69) is 19.9 Å². The molecule has 3 unspecified atom stereocenters. The van der Waals surface area contributed by atoms with E-state index in [4.69, 9.17) is 20.2 Å². The van der Waals surface area contributed by atoms with Gasteiger partial charge in [-0.2, -0.15) is 5.26 Å². The van der Waals surface area contributed by atoms with E-state index in [1.165, 1.54) is 4.90 Å². The van der Waals surface area contributed by atoms with Crippen molar-refractivity contribution in [1.29, 1.82) is 5.26 Å². The summed E-state index contributed by atoms with van der Waals surface area (Å²) in [6, 6.07) is 13.7. The van der Waals surface area contributed by atoms with Gasteiger partial charge in [0.2, 0.25) is 0 Å². The van der Waals surface area contributed by atoms with Crippen LogP contribution in [0.3, 0.4) is 0 Å². The first-order valence-corrected chi connectivity index (χ1v) is 11.7. The number of nitrogens with two attached hydrogens (primary N) is 1. The smallest absolute Gasteiger partial charge is 0.261 e. The molecule has 176 valence electrons. The maximum atomic E-state index is 13.6. The summed E-state index contributed by atoms with van der Waals surface area (Å²) in [7, 11) is 1.67. The number of nitriles is 1. The monoisotopic (exact) mass is 458 g/mol. The summed E-state index contributed by atoms with van der Waals surface area (Å²) < 4.78 is 12.5.